The van der Waals surface area contributed by atoms with Gasteiger partial charge >= 0.3 is 0 Å². The molecule has 6 nitrogen and oxygen atoms in total. The van der Waals surface area contributed by atoms with Crippen molar-refractivity contribution in [2.75, 3.05) is 11.1 Å². The van der Waals surface area contributed by atoms with E-state index in [0.717, 1.165) is 42.4 Å². The standard InChI is InChI=1S/C20H18N4O2S2/c1-12-6-8-13(9-7-12)18-23-24-20(26-18)27-11-17(25)22-19-15(10-21)14-4-2-3-5-16(14)28-19/h6-9H,2-5,11H2,1H3,(H,22,25). The summed E-state index contributed by atoms with van der Waals surface area (Å²) in [5.74, 6) is 0.388. The van der Waals surface area contributed by atoms with Crippen LogP contribution in [-0.2, 0) is 17.6 Å². The van der Waals surface area contributed by atoms with Crippen molar-refractivity contribution in [3.63, 3.8) is 0 Å². The quantitative estimate of drug-likeness (QED) is 0.619. The number of benzene rings is 1. The van der Waals surface area contributed by atoms with E-state index in [1.54, 1.807) is 0 Å². The Bertz CT molecular complexity index is 1050. The second kappa shape index (κ2) is 8.17. The van der Waals surface area contributed by atoms with Crippen LogP contribution in [0.15, 0.2) is 33.9 Å². The van der Waals surface area contributed by atoms with Crippen LogP contribution in [0.1, 0.15) is 34.4 Å². The van der Waals surface area contributed by atoms with Crippen LogP contribution in [-0.4, -0.2) is 21.9 Å². The van der Waals surface area contributed by atoms with Crippen LogP contribution < -0.4 is 5.32 Å². The maximum atomic E-state index is 12.4. The van der Waals surface area contributed by atoms with E-state index in [-0.39, 0.29) is 11.7 Å². The Morgan fingerprint density at radius 3 is 2.86 bits per heavy atom. The molecule has 0 saturated heterocycles. The fraction of sp³-hybridized carbons (Fsp3) is 0.300. The molecule has 28 heavy (non-hydrogen) atoms. The second-order valence-corrected chi connectivity index (χ2v) is 8.63. The Morgan fingerprint density at radius 2 is 2.07 bits per heavy atom. The van der Waals surface area contributed by atoms with Gasteiger partial charge in [-0.15, -0.1) is 21.5 Å². The molecule has 0 unspecified atom stereocenters. The number of rotatable bonds is 5. The van der Waals surface area contributed by atoms with E-state index in [2.05, 4.69) is 21.6 Å². The molecule has 1 amide bonds. The lowest BCUT2D eigenvalue weighted by Crippen LogP contribution is -2.14. The van der Waals surface area contributed by atoms with Crippen molar-refractivity contribution in [2.24, 2.45) is 0 Å². The first-order valence-electron chi connectivity index (χ1n) is 9.02. The van der Waals surface area contributed by atoms with Crippen LogP contribution in [0.4, 0.5) is 5.00 Å². The monoisotopic (exact) mass is 410 g/mol. The third-order valence-electron chi connectivity index (χ3n) is 4.57. The van der Waals surface area contributed by atoms with Crippen molar-refractivity contribution in [3.8, 4) is 17.5 Å². The number of nitrogens with one attached hydrogen (secondary N) is 1. The molecule has 0 fully saturated rings. The molecule has 8 heteroatoms. The molecule has 142 valence electrons. The van der Waals surface area contributed by atoms with Gasteiger partial charge in [0, 0.05) is 10.4 Å². The highest BCUT2D eigenvalue weighted by atomic mass is 32.2. The molecule has 0 bridgehead atoms. The molecule has 1 N–H and O–H groups in total. The SMILES string of the molecule is Cc1ccc(-c2nnc(SCC(=O)Nc3sc4c(c3C#N)CCCC4)o2)cc1. The Morgan fingerprint density at radius 1 is 1.29 bits per heavy atom. The summed E-state index contributed by atoms with van der Waals surface area (Å²) in [6.45, 7) is 2.01. The van der Waals surface area contributed by atoms with E-state index < -0.39 is 0 Å². The van der Waals surface area contributed by atoms with Crippen LogP contribution >= 0.6 is 23.1 Å². The van der Waals surface area contributed by atoms with E-state index in [9.17, 15) is 10.1 Å². The minimum atomic E-state index is -0.185. The third-order valence-corrected chi connectivity index (χ3v) is 6.59. The van der Waals surface area contributed by atoms with Crippen molar-refractivity contribution >= 4 is 34.0 Å². The number of carbonyl (C=O) groups is 1. The van der Waals surface area contributed by atoms with Crippen LogP contribution in [0, 0.1) is 18.3 Å². The normalized spacial score (nSPS) is 13.0. The lowest BCUT2D eigenvalue weighted by atomic mass is 9.96. The number of thioether (sulfide) groups is 1. The number of hydrogen-bond donors (Lipinski definition) is 1. The number of nitrogens with zero attached hydrogens (tertiary/aromatic N) is 3. The van der Waals surface area contributed by atoms with Gasteiger partial charge in [-0.05, 0) is 50.3 Å². The highest BCUT2D eigenvalue weighted by Crippen LogP contribution is 2.37. The highest BCUT2D eigenvalue weighted by Gasteiger charge is 2.22. The molecule has 1 aromatic carbocycles. The first kappa shape index (κ1) is 18.7. The molecule has 3 aromatic rings. The van der Waals surface area contributed by atoms with Gasteiger partial charge in [0.05, 0.1) is 11.3 Å². The van der Waals surface area contributed by atoms with E-state index in [1.165, 1.54) is 28.0 Å². The van der Waals surface area contributed by atoms with E-state index in [4.69, 9.17) is 4.42 Å². The first-order chi connectivity index (χ1) is 13.6. The third kappa shape index (κ3) is 3.96. The van der Waals surface area contributed by atoms with Gasteiger partial charge in [0.1, 0.15) is 11.1 Å². The van der Waals surface area contributed by atoms with Gasteiger partial charge in [-0.25, -0.2) is 0 Å². The van der Waals surface area contributed by atoms with Gasteiger partial charge in [-0.3, -0.25) is 4.79 Å². The Kier molecular flexibility index (Phi) is 5.46. The van der Waals surface area contributed by atoms with E-state index in [1.807, 2.05) is 31.2 Å². The van der Waals surface area contributed by atoms with Gasteiger partial charge < -0.3 is 9.73 Å². The van der Waals surface area contributed by atoms with Gasteiger partial charge in [0.15, 0.2) is 0 Å². The fourth-order valence-corrected chi connectivity index (χ4v) is 4.96. The highest BCUT2D eigenvalue weighted by molar-refractivity contribution is 7.99. The van der Waals surface area contributed by atoms with Crippen LogP contribution in [0.2, 0.25) is 0 Å². The molecule has 4 rings (SSSR count). The number of thiophene rings is 1. The number of anilines is 1. The summed E-state index contributed by atoms with van der Waals surface area (Å²) in [5, 5.41) is 21.4. The minimum absolute atomic E-state index is 0.142. The summed E-state index contributed by atoms with van der Waals surface area (Å²) in [6.07, 6.45) is 4.15. The van der Waals surface area contributed by atoms with Crippen LogP contribution in [0.3, 0.4) is 0 Å². The molecular weight excluding hydrogens is 392 g/mol. The lowest BCUT2D eigenvalue weighted by Gasteiger charge is -2.09. The summed E-state index contributed by atoms with van der Waals surface area (Å²) >= 11 is 2.71. The number of amides is 1. The van der Waals surface area contributed by atoms with E-state index in [0.29, 0.717) is 21.7 Å². The van der Waals surface area contributed by atoms with Crippen LogP contribution in [0.25, 0.3) is 11.5 Å². The van der Waals surface area contributed by atoms with Gasteiger partial charge in [0.2, 0.25) is 11.8 Å². The van der Waals surface area contributed by atoms with Gasteiger partial charge in [-0.2, -0.15) is 5.26 Å². The predicted octanol–water partition coefficient (Wildman–Crippen LogP) is 4.59. The predicted molar refractivity (Wildman–Crippen MR) is 110 cm³/mol. The number of fused-ring (bicyclic) bond motifs is 1. The summed E-state index contributed by atoms with van der Waals surface area (Å²) in [4.78, 5) is 13.6. The molecule has 0 atom stereocenters. The number of nitriles is 1. The Hall–Kier alpha value is -2.63. The molecule has 2 aromatic heterocycles. The second-order valence-electron chi connectivity index (χ2n) is 6.60. The zero-order valence-corrected chi connectivity index (χ0v) is 17.0. The molecule has 0 aliphatic heterocycles. The summed E-state index contributed by atoms with van der Waals surface area (Å²) < 4.78 is 5.63. The number of hydrogen-bond acceptors (Lipinski definition) is 7. The van der Waals surface area contributed by atoms with Gasteiger partial charge in [-0.1, -0.05) is 29.5 Å². The topological polar surface area (TPSA) is 91.8 Å². The molecule has 0 spiro atoms. The number of aromatic nitrogens is 2. The largest absolute Gasteiger partial charge is 0.411 e. The maximum Gasteiger partial charge on any atom is 0.277 e. The van der Waals surface area contributed by atoms with Crippen molar-refractivity contribution in [1.29, 1.82) is 5.26 Å². The lowest BCUT2D eigenvalue weighted by molar-refractivity contribution is -0.113. The number of aryl methyl sites for hydroxylation is 2. The Balaban J connectivity index is 1.38. The zero-order chi connectivity index (χ0) is 19.5. The molecular formula is C20H18N4O2S2. The molecule has 0 saturated carbocycles. The molecule has 1 aliphatic rings. The zero-order valence-electron chi connectivity index (χ0n) is 15.3. The smallest absolute Gasteiger partial charge is 0.277 e. The minimum Gasteiger partial charge on any atom is -0.411 e. The first-order valence-corrected chi connectivity index (χ1v) is 10.8. The molecule has 0 radical (unpaired) electrons. The summed E-state index contributed by atoms with van der Waals surface area (Å²) in [5.41, 5.74) is 3.73. The number of carbonyl (C=O) groups excluding carboxylic acids is 1. The Labute approximate surface area is 171 Å². The average Bonchev–Trinajstić information content (AvgIpc) is 3.31. The van der Waals surface area contributed by atoms with Crippen LogP contribution in [0.5, 0.6) is 0 Å². The average molecular weight is 411 g/mol. The van der Waals surface area contributed by atoms with Crippen molar-refractivity contribution in [3.05, 3.63) is 45.8 Å². The molecule has 2 heterocycles. The maximum absolute atomic E-state index is 12.4. The van der Waals surface area contributed by atoms with E-state index >= 15 is 0 Å². The van der Waals surface area contributed by atoms with Crippen molar-refractivity contribution in [2.45, 2.75) is 37.8 Å². The van der Waals surface area contributed by atoms with Crippen molar-refractivity contribution < 1.29 is 9.21 Å². The van der Waals surface area contributed by atoms with Gasteiger partial charge in [0.25, 0.3) is 5.22 Å². The molecule has 1 aliphatic carbocycles. The van der Waals surface area contributed by atoms with Crippen molar-refractivity contribution in [1.82, 2.24) is 10.2 Å². The fourth-order valence-electron chi connectivity index (χ4n) is 3.14. The summed E-state index contributed by atoms with van der Waals surface area (Å²) in [7, 11) is 0. The summed E-state index contributed by atoms with van der Waals surface area (Å²) in [6, 6.07) is 10.1.